The van der Waals surface area contributed by atoms with E-state index >= 15 is 0 Å². The monoisotopic (exact) mass is 747 g/mol. The number of carbonyl (C=O) groups is 5. The van der Waals surface area contributed by atoms with Crippen LogP contribution in [-0.2, 0) is 19.1 Å². The van der Waals surface area contributed by atoms with E-state index in [2.05, 4.69) is 32.3 Å². The molecule has 1 unspecified atom stereocenters. The number of nitrogen functional groups attached to an aromatic ring is 1. The number of nitrogens with one attached hydrogen (secondary N) is 1. The number of aromatic nitrogens is 2. The summed E-state index contributed by atoms with van der Waals surface area (Å²) in [6, 6.07) is 12.3. The van der Waals surface area contributed by atoms with E-state index in [0.29, 0.717) is 48.9 Å². The number of anilines is 1. The molecule has 3 aliphatic heterocycles. The number of phenols is 1. The molecule has 9 rings (SSSR count). The molecule has 0 radical (unpaired) electrons. The summed E-state index contributed by atoms with van der Waals surface area (Å²) >= 11 is 0. The summed E-state index contributed by atoms with van der Waals surface area (Å²) in [6.45, 7) is 5.05. The number of ether oxygens (including phenoxy) is 2. The number of piperidine rings is 1. The van der Waals surface area contributed by atoms with Crippen LogP contribution in [0, 0.1) is 22.7 Å². The molecule has 2 saturated heterocycles. The lowest BCUT2D eigenvalue weighted by molar-refractivity contribution is -0.226. The molecule has 6 aliphatic rings. The Labute approximate surface area is 317 Å². The highest BCUT2D eigenvalue weighted by atomic mass is 16.5. The van der Waals surface area contributed by atoms with Crippen molar-refractivity contribution in [3.63, 3.8) is 0 Å². The van der Waals surface area contributed by atoms with Crippen LogP contribution >= 0.6 is 0 Å². The van der Waals surface area contributed by atoms with Crippen molar-refractivity contribution in [1.29, 1.82) is 0 Å². The van der Waals surface area contributed by atoms with Crippen molar-refractivity contribution in [2.45, 2.75) is 44.6 Å². The van der Waals surface area contributed by atoms with Crippen LogP contribution in [0.5, 0.6) is 11.5 Å². The highest BCUT2D eigenvalue weighted by Crippen LogP contribution is 2.73. The summed E-state index contributed by atoms with van der Waals surface area (Å²) in [6.07, 6.45) is 3.39. The maximum absolute atomic E-state index is 13.5. The van der Waals surface area contributed by atoms with E-state index in [1.807, 2.05) is 11.0 Å². The Kier molecular flexibility index (Phi) is 9.48. The van der Waals surface area contributed by atoms with Gasteiger partial charge in [-0.3, -0.25) is 39.1 Å². The molecule has 284 valence electrons. The van der Waals surface area contributed by atoms with Crippen LogP contribution in [0.15, 0.2) is 48.5 Å². The second-order valence-corrected chi connectivity index (χ2v) is 15.1. The maximum atomic E-state index is 13.5. The quantitative estimate of drug-likeness (QED) is 0.147. The summed E-state index contributed by atoms with van der Waals surface area (Å²) in [7, 11) is 0. The van der Waals surface area contributed by atoms with Gasteiger partial charge in [0.2, 0.25) is 17.7 Å². The smallest absolute Gasteiger partial charge is 0.262 e. The minimum Gasteiger partial charge on any atom is -0.507 e. The molecule has 4 heterocycles. The van der Waals surface area contributed by atoms with Gasteiger partial charge in [-0.25, -0.2) is 0 Å². The molecule has 1 atom stereocenters. The Bertz CT molecular complexity index is 2130. The van der Waals surface area contributed by atoms with E-state index < -0.39 is 29.7 Å². The number of rotatable bonds is 11. The van der Waals surface area contributed by atoms with Crippen molar-refractivity contribution in [3.05, 3.63) is 65.2 Å². The zero-order valence-electron chi connectivity index (χ0n) is 30.2. The summed E-state index contributed by atoms with van der Waals surface area (Å²) in [4.78, 5) is 68.5. The van der Waals surface area contributed by atoms with E-state index in [0.717, 1.165) is 50.2 Å². The molecule has 2 bridgehead atoms. The first-order chi connectivity index (χ1) is 26.5. The molecule has 15 nitrogen and oxygen atoms in total. The predicted octanol–water partition coefficient (Wildman–Crippen LogP) is 1.98. The average Bonchev–Trinajstić information content (AvgIpc) is 3.39. The maximum Gasteiger partial charge on any atom is 0.262 e. The van der Waals surface area contributed by atoms with Gasteiger partial charge in [0, 0.05) is 68.4 Å². The van der Waals surface area contributed by atoms with Gasteiger partial charge in [-0.15, -0.1) is 10.2 Å². The number of para-hydroxylation sites is 1. The van der Waals surface area contributed by atoms with Crippen molar-refractivity contribution in [2.24, 2.45) is 10.8 Å². The molecule has 1 aromatic heterocycles. The number of hydrogen-bond acceptors (Lipinski definition) is 12. The van der Waals surface area contributed by atoms with Crippen LogP contribution in [0.4, 0.5) is 5.82 Å². The molecule has 3 saturated carbocycles. The fraction of sp³-hybridized carbons (Fsp3) is 0.425. The zero-order chi connectivity index (χ0) is 38.3. The second kappa shape index (κ2) is 14.4. The third-order valence-corrected chi connectivity index (χ3v) is 11.4. The fourth-order valence-corrected chi connectivity index (χ4v) is 8.64. The van der Waals surface area contributed by atoms with Gasteiger partial charge in [0.1, 0.15) is 24.1 Å². The first-order valence-corrected chi connectivity index (χ1v) is 18.5. The van der Waals surface area contributed by atoms with Gasteiger partial charge in [-0.2, -0.15) is 0 Å². The number of amides is 5. The number of fused-ring (bicyclic) bond motifs is 1. The lowest BCUT2D eigenvalue weighted by Crippen LogP contribution is -2.70. The Hall–Kier alpha value is -5.85. The third kappa shape index (κ3) is 6.87. The molecule has 4 N–H and O–H groups in total. The Morgan fingerprint density at radius 1 is 0.964 bits per heavy atom. The number of imide groups is 2. The van der Waals surface area contributed by atoms with Crippen LogP contribution in [0.3, 0.4) is 0 Å². The molecular formula is C40H41N7O8. The average molecular weight is 748 g/mol. The first kappa shape index (κ1) is 36.1. The molecule has 55 heavy (non-hydrogen) atoms. The fourth-order valence-electron chi connectivity index (χ4n) is 8.64. The van der Waals surface area contributed by atoms with Gasteiger partial charge in [0.15, 0.2) is 11.6 Å². The lowest BCUT2D eigenvalue weighted by atomic mass is 9.35. The van der Waals surface area contributed by atoms with Crippen LogP contribution in [0.25, 0.3) is 11.3 Å². The van der Waals surface area contributed by atoms with E-state index in [4.69, 9.17) is 15.2 Å². The summed E-state index contributed by atoms with van der Waals surface area (Å²) in [5.41, 5.74) is 7.70. The summed E-state index contributed by atoms with van der Waals surface area (Å²) < 4.78 is 11.8. The molecule has 2 aromatic carbocycles. The van der Waals surface area contributed by atoms with Crippen LogP contribution in [0.1, 0.15) is 64.8 Å². The van der Waals surface area contributed by atoms with Gasteiger partial charge in [0.25, 0.3) is 11.8 Å². The minimum absolute atomic E-state index is 0.0332. The van der Waals surface area contributed by atoms with Crippen molar-refractivity contribution in [1.82, 2.24) is 30.2 Å². The zero-order valence-corrected chi connectivity index (χ0v) is 30.2. The first-order valence-electron chi connectivity index (χ1n) is 18.5. The van der Waals surface area contributed by atoms with E-state index in [9.17, 15) is 29.1 Å². The molecular weight excluding hydrogens is 706 g/mol. The Balaban J connectivity index is 0.725. The number of phenolic OH excluding ortho intramolecular Hbond substituents is 1. The Morgan fingerprint density at radius 2 is 1.73 bits per heavy atom. The van der Waals surface area contributed by atoms with Gasteiger partial charge < -0.3 is 25.2 Å². The molecule has 3 aromatic rings. The molecule has 3 aliphatic carbocycles. The number of aromatic hydroxyl groups is 1. The van der Waals surface area contributed by atoms with Crippen molar-refractivity contribution >= 4 is 35.4 Å². The lowest BCUT2D eigenvalue weighted by Gasteiger charge is -2.69. The highest BCUT2D eigenvalue weighted by Gasteiger charge is 2.72. The standard InChI is InChI=1S/C40H41N7O8/c41-34-32(20-29(43-44-34)27-6-1-2-7-31(27)48)55-24-39-21-40(22-39,23-39)38(53)46-15-13-45(14-16-46)12-4-18-54-17-3-5-25-8-9-26-28(19-25)37(52)47(36(26)51)30-10-11-33(49)42-35(30)50/h1-2,6-9,19-20,30,48H,4,10-18,21-24H2,(H2,41,44)(H,42,49,50). The topological polar surface area (TPSA) is 198 Å². The normalized spacial score (nSPS) is 24.3. The Morgan fingerprint density at radius 3 is 2.49 bits per heavy atom. The number of piperazine rings is 1. The highest BCUT2D eigenvalue weighted by molar-refractivity contribution is 6.23. The van der Waals surface area contributed by atoms with Crippen molar-refractivity contribution in [3.8, 4) is 34.6 Å². The molecule has 0 spiro atoms. The van der Waals surface area contributed by atoms with E-state index in [1.54, 1.807) is 36.4 Å². The summed E-state index contributed by atoms with van der Waals surface area (Å²) in [5, 5.41) is 20.5. The molecule has 5 amide bonds. The van der Waals surface area contributed by atoms with E-state index in [-0.39, 0.29) is 58.9 Å². The number of nitrogens with two attached hydrogens (primary N) is 1. The molecule has 5 fully saturated rings. The number of nitrogens with zero attached hydrogens (tertiary/aromatic N) is 5. The summed E-state index contributed by atoms with van der Waals surface area (Å²) in [5.74, 6) is 4.69. The second-order valence-electron chi connectivity index (χ2n) is 15.1. The van der Waals surface area contributed by atoms with Gasteiger partial charge in [0.05, 0.1) is 23.1 Å². The van der Waals surface area contributed by atoms with Crippen molar-refractivity contribution in [2.75, 3.05) is 58.3 Å². The van der Waals surface area contributed by atoms with E-state index in [1.165, 1.54) is 6.07 Å². The van der Waals surface area contributed by atoms with Crippen LogP contribution < -0.4 is 15.8 Å². The number of benzene rings is 2. The van der Waals surface area contributed by atoms with Gasteiger partial charge in [-0.1, -0.05) is 24.0 Å². The van der Waals surface area contributed by atoms with Gasteiger partial charge >= 0.3 is 0 Å². The number of carbonyl (C=O) groups excluding carboxylic acids is 5. The third-order valence-electron chi connectivity index (χ3n) is 11.4. The largest absolute Gasteiger partial charge is 0.507 e. The molecule has 15 heteroatoms. The van der Waals surface area contributed by atoms with Crippen molar-refractivity contribution < 1.29 is 38.6 Å². The van der Waals surface area contributed by atoms with Gasteiger partial charge in [-0.05, 0) is 62.4 Å². The van der Waals surface area contributed by atoms with Crippen LogP contribution in [0.2, 0.25) is 0 Å². The minimum atomic E-state index is -1.01. The SMILES string of the molecule is Nc1nnc(-c2ccccc2O)cc1OCC12CC(C(=O)N3CCN(CCCOCC#Cc4ccc5c(c4)C(=O)N(C4CCC(=O)NC4=O)C5=O)CC3)(C1)C2. The van der Waals surface area contributed by atoms with Crippen LogP contribution in [-0.4, -0.2) is 118 Å². The number of hydrogen-bond donors (Lipinski definition) is 3. The predicted molar refractivity (Wildman–Crippen MR) is 196 cm³/mol.